The second-order valence-corrected chi connectivity index (χ2v) is 15.4. The van der Waals surface area contributed by atoms with Crippen LogP contribution in [0.4, 0.5) is 11.4 Å². The Morgan fingerprint density at radius 1 is 0.641 bits per heavy atom. The highest BCUT2D eigenvalue weighted by Crippen LogP contribution is 2.51. The number of anilines is 2. The average Bonchev–Trinajstić information content (AvgIpc) is 3.06. The van der Waals surface area contributed by atoms with E-state index in [4.69, 9.17) is 0 Å². The van der Waals surface area contributed by atoms with Crippen LogP contribution in [0.2, 0.25) is 0 Å². The van der Waals surface area contributed by atoms with E-state index in [2.05, 4.69) is 144 Å². The first kappa shape index (κ1) is 31.6. The van der Waals surface area contributed by atoms with E-state index in [1.165, 1.54) is 52.0 Å². The molecule has 0 radical (unpaired) electrons. The average molecular weight is 533 g/mol. The van der Waals surface area contributed by atoms with Crippen LogP contribution in [0, 0.1) is 31.6 Å². The number of hydrogen-bond acceptors (Lipinski definition) is 2. The van der Waals surface area contributed by atoms with Crippen molar-refractivity contribution in [3.8, 4) is 0 Å². The van der Waals surface area contributed by atoms with Crippen molar-refractivity contribution in [3.05, 3.63) is 58.1 Å². The summed E-state index contributed by atoms with van der Waals surface area (Å²) >= 11 is 0. The molecule has 0 aliphatic carbocycles. The molecule has 0 spiro atoms. The van der Waals surface area contributed by atoms with Crippen molar-refractivity contribution in [2.45, 2.75) is 153 Å². The van der Waals surface area contributed by atoms with Gasteiger partial charge in [-0.05, 0) is 121 Å². The van der Waals surface area contributed by atoms with E-state index in [1.807, 2.05) is 0 Å². The second-order valence-electron chi connectivity index (χ2n) is 15.4. The molecule has 2 unspecified atom stereocenters. The van der Waals surface area contributed by atoms with E-state index in [0.717, 1.165) is 12.8 Å². The second kappa shape index (κ2) is 10.8. The Balaban J connectivity index is 0.000000216. The first-order chi connectivity index (χ1) is 17.8. The van der Waals surface area contributed by atoms with Gasteiger partial charge in [0, 0.05) is 34.5 Å². The van der Waals surface area contributed by atoms with Crippen molar-refractivity contribution in [3.63, 3.8) is 0 Å². The minimum Gasteiger partial charge on any atom is -0.363 e. The number of aryl methyl sites for hydroxylation is 5. The molecular formula is C37H60N2. The number of nitrogens with zero attached hydrogens (tertiary/aromatic N) is 2. The van der Waals surface area contributed by atoms with Crippen molar-refractivity contribution in [2.75, 3.05) is 9.80 Å². The van der Waals surface area contributed by atoms with Crippen LogP contribution in [0.25, 0.3) is 0 Å². The summed E-state index contributed by atoms with van der Waals surface area (Å²) in [5.41, 5.74) is 11.4. The molecule has 2 heteroatoms. The van der Waals surface area contributed by atoms with Gasteiger partial charge >= 0.3 is 0 Å². The summed E-state index contributed by atoms with van der Waals surface area (Å²) in [5.74, 6) is 0. The monoisotopic (exact) mass is 532 g/mol. The topological polar surface area (TPSA) is 6.48 Å². The molecule has 2 heterocycles. The zero-order valence-electron chi connectivity index (χ0n) is 28.3. The first-order valence-corrected chi connectivity index (χ1v) is 15.6. The molecule has 2 aliphatic rings. The zero-order chi connectivity index (χ0) is 29.7. The third-order valence-electron chi connectivity index (χ3n) is 10.2. The highest BCUT2D eigenvalue weighted by molar-refractivity contribution is 5.64. The van der Waals surface area contributed by atoms with E-state index in [-0.39, 0.29) is 11.1 Å². The Morgan fingerprint density at radius 3 is 1.31 bits per heavy atom. The van der Waals surface area contributed by atoms with Crippen molar-refractivity contribution in [2.24, 2.45) is 10.8 Å². The molecule has 0 N–H and O–H groups in total. The summed E-state index contributed by atoms with van der Waals surface area (Å²) in [4.78, 5) is 5.38. The third-order valence-corrected chi connectivity index (χ3v) is 10.2. The molecule has 218 valence electrons. The van der Waals surface area contributed by atoms with Gasteiger partial charge in [0.2, 0.25) is 0 Å². The fourth-order valence-electron chi connectivity index (χ4n) is 8.51. The molecule has 0 amide bonds. The zero-order valence-corrected chi connectivity index (χ0v) is 28.3. The Bertz CT molecular complexity index is 1120. The smallest absolute Gasteiger partial charge is 0.0438 e. The fraction of sp³-hybridized carbons (Fsp3) is 0.676. The molecule has 4 rings (SSSR count). The molecular weight excluding hydrogens is 472 g/mol. The molecule has 2 aliphatic heterocycles. The maximum atomic E-state index is 2.71. The van der Waals surface area contributed by atoms with Crippen LogP contribution in [-0.2, 0) is 12.8 Å². The van der Waals surface area contributed by atoms with Crippen molar-refractivity contribution < 1.29 is 0 Å². The quantitative estimate of drug-likeness (QED) is 0.386. The van der Waals surface area contributed by atoms with Crippen LogP contribution >= 0.6 is 0 Å². The molecule has 2 saturated heterocycles. The van der Waals surface area contributed by atoms with Gasteiger partial charge in [0.05, 0.1) is 0 Å². The Labute approximate surface area is 242 Å². The van der Waals surface area contributed by atoms with Gasteiger partial charge in [0.15, 0.2) is 0 Å². The SMILES string of the molecule is CCc1cccc(CC)c1N1C(C)C(C)(C)CC1(C)C.Cc1cc(C)c(N2C(C)C(C)(C)CC2(C)C)c(C)c1. The molecule has 0 aromatic heterocycles. The third kappa shape index (κ3) is 5.91. The van der Waals surface area contributed by atoms with Crippen LogP contribution in [0.1, 0.15) is 124 Å². The van der Waals surface area contributed by atoms with Crippen LogP contribution in [-0.4, -0.2) is 23.2 Å². The van der Waals surface area contributed by atoms with Crippen LogP contribution < -0.4 is 9.80 Å². The molecule has 2 aromatic rings. The number of benzene rings is 2. The summed E-state index contributed by atoms with van der Waals surface area (Å²) in [6, 6.07) is 12.6. The lowest BCUT2D eigenvalue weighted by molar-refractivity contribution is 0.328. The van der Waals surface area contributed by atoms with Gasteiger partial charge in [-0.25, -0.2) is 0 Å². The lowest BCUT2D eigenvalue weighted by Gasteiger charge is -2.40. The highest BCUT2D eigenvalue weighted by atomic mass is 15.3. The van der Waals surface area contributed by atoms with Crippen LogP contribution in [0.3, 0.4) is 0 Å². The van der Waals surface area contributed by atoms with Crippen molar-refractivity contribution >= 4 is 11.4 Å². The number of hydrogen-bond donors (Lipinski definition) is 0. The fourth-order valence-corrected chi connectivity index (χ4v) is 8.51. The molecule has 2 aromatic carbocycles. The number of rotatable bonds is 4. The lowest BCUT2D eigenvalue weighted by Crippen LogP contribution is -2.44. The van der Waals surface area contributed by atoms with E-state index >= 15 is 0 Å². The summed E-state index contributed by atoms with van der Waals surface area (Å²) in [5, 5.41) is 0. The van der Waals surface area contributed by atoms with E-state index < -0.39 is 0 Å². The maximum Gasteiger partial charge on any atom is 0.0438 e. The largest absolute Gasteiger partial charge is 0.363 e. The molecule has 0 saturated carbocycles. The summed E-state index contributed by atoms with van der Waals surface area (Å²) < 4.78 is 0. The predicted octanol–water partition coefficient (Wildman–Crippen LogP) is 10.2. The van der Waals surface area contributed by atoms with Gasteiger partial charge < -0.3 is 9.80 Å². The molecule has 39 heavy (non-hydrogen) atoms. The summed E-state index contributed by atoms with van der Waals surface area (Å²) in [6.45, 7) is 35.2. The highest BCUT2D eigenvalue weighted by Gasteiger charge is 2.50. The predicted molar refractivity (Wildman–Crippen MR) is 175 cm³/mol. The van der Waals surface area contributed by atoms with Gasteiger partial charge in [0.25, 0.3) is 0 Å². The standard InChI is InChI=1S/C19H31N.C18H29N/c1-8-15-11-10-12-16(9-2)17(15)20-14(3)18(4,5)13-19(20,6)7;1-12-9-13(2)16(14(3)10-12)19-15(4)17(5,6)11-18(19,7)8/h10-12,14H,8-9,13H2,1-7H3;9-10,15H,11H2,1-8H3. The van der Waals surface area contributed by atoms with Crippen molar-refractivity contribution in [1.29, 1.82) is 0 Å². The molecule has 2 atom stereocenters. The van der Waals surface area contributed by atoms with E-state index in [9.17, 15) is 0 Å². The van der Waals surface area contributed by atoms with Gasteiger partial charge in [-0.2, -0.15) is 0 Å². The number of para-hydroxylation sites is 1. The van der Waals surface area contributed by atoms with Crippen LogP contribution in [0.15, 0.2) is 30.3 Å². The minimum atomic E-state index is 0.230. The van der Waals surface area contributed by atoms with Gasteiger partial charge in [-0.15, -0.1) is 0 Å². The van der Waals surface area contributed by atoms with Gasteiger partial charge in [0.1, 0.15) is 0 Å². The summed E-state index contributed by atoms with van der Waals surface area (Å²) in [6.07, 6.45) is 4.72. The van der Waals surface area contributed by atoms with Crippen LogP contribution in [0.5, 0.6) is 0 Å². The van der Waals surface area contributed by atoms with Gasteiger partial charge in [-0.3, -0.25) is 0 Å². The molecule has 2 fully saturated rings. The lowest BCUT2D eigenvalue weighted by atomic mass is 9.82. The normalized spacial score (nSPS) is 24.5. The summed E-state index contributed by atoms with van der Waals surface area (Å²) in [7, 11) is 0. The van der Waals surface area contributed by atoms with E-state index in [0.29, 0.717) is 22.9 Å². The minimum absolute atomic E-state index is 0.230. The molecule has 2 nitrogen and oxygen atoms in total. The maximum absolute atomic E-state index is 2.71. The Hall–Kier alpha value is -1.96. The molecule has 0 bridgehead atoms. The van der Waals surface area contributed by atoms with E-state index in [1.54, 1.807) is 0 Å². The van der Waals surface area contributed by atoms with Crippen molar-refractivity contribution in [1.82, 2.24) is 0 Å². The Kier molecular flexibility index (Phi) is 8.73. The Morgan fingerprint density at radius 2 is 1.00 bits per heavy atom. The first-order valence-electron chi connectivity index (χ1n) is 15.6. The van der Waals surface area contributed by atoms with Gasteiger partial charge in [-0.1, -0.05) is 77.4 Å².